The van der Waals surface area contributed by atoms with E-state index in [1.807, 2.05) is 133 Å². The number of rotatable bonds is 12. The Morgan fingerprint density at radius 2 is 0.507 bits per heavy atom. The number of fused-ring (bicyclic) bond motifs is 2. The van der Waals surface area contributed by atoms with Crippen LogP contribution in [0, 0.1) is 0 Å². The molecule has 7 nitrogen and oxygen atoms in total. The molecule has 0 saturated carbocycles. The molecule has 0 bridgehead atoms. The van der Waals surface area contributed by atoms with Gasteiger partial charge in [0.05, 0.1) is 33.6 Å². The van der Waals surface area contributed by atoms with Gasteiger partial charge >= 0.3 is 0 Å². The third-order valence-electron chi connectivity index (χ3n) is 13.8. The van der Waals surface area contributed by atoms with Crippen LogP contribution in [0.5, 0.6) is 11.5 Å². The van der Waals surface area contributed by atoms with Crippen molar-refractivity contribution in [2.45, 2.75) is 0 Å². The first kappa shape index (κ1) is 45.3. The summed E-state index contributed by atoms with van der Waals surface area (Å²) in [5, 5.41) is 8.83. The molecule has 348 valence electrons. The Hall–Kier alpha value is -8.86. The van der Waals surface area contributed by atoms with Crippen molar-refractivity contribution in [2.75, 3.05) is 9.80 Å². The van der Waals surface area contributed by atoms with Crippen LogP contribution in [-0.4, -0.2) is 23.6 Å². The lowest BCUT2D eigenvalue weighted by atomic mass is 10.1. The van der Waals surface area contributed by atoms with Gasteiger partial charge < -0.3 is 4.74 Å². The van der Waals surface area contributed by atoms with Crippen LogP contribution in [0.15, 0.2) is 267 Å². The number of carbonyl (C=O) groups excluding carboxylic acids is 4. The molecule has 0 fully saturated rings. The molecule has 10 aromatic rings. The molecule has 0 atom stereocenters. The third-order valence-corrected chi connectivity index (χ3v) is 22.3. The largest absolute Gasteiger partial charge is 0.457 e. The lowest BCUT2D eigenvalue weighted by Crippen LogP contribution is -2.39. The minimum atomic E-state index is -2.53. The fourth-order valence-electron chi connectivity index (χ4n) is 10.6. The van der Waals surface area contributed by atoms with Crippen LogP contribution in [-0.2, 0) is 0 Å². The van der Waals surface area contributed by atoms with E-state index < -0.39 is 38.2 Å². The maximum atomic E-state index is 14.5. The first-order chi connectivity index (χ1) is 35.9. The Bertz CT molecular complexity index is 3310. The normalized spacial score (nSPS) is 13.3. The second kappa shape index (κ2) is 18.7. The Labute approximate surface area is 424 Å². The molecule has 0 unspecified atom stereocenters. The van der Waals surface area contributed by atoms with E-state index in [0.29, 0.717) is 22.9 Å². The number of ether oxygens (including phenoxy) is 1. The molecule has 4 amide bonds. The van der Waals surface area contributed by atoms with Crippen LogP contribution in [0.4, 0.5) is 11.4 Å². The van der Waals surface area contributed by atoms with E-state index >= 15 is 0 Å². The molecule has 0 N–H and O–H groups in total. The summed E-state index contributed by atoms with van der Waals surface area (Å²) < 4.78 is 6.34. The molecule has 12 rings (SSSR count). The Balaban J connectivity index is 0.849. The number of hydrogen-bond acceptors (Lipinski definition) is 5. The van der Waals surface area contributed by atoms with Crippen molar-refractivity contribution in [2.24, 2.45) is 0 Å². The molecule has 0 saturated heterocycles. The quantitative estimate of drug-likeness (QED) is 0.0900. The van der Waals surface area contributed by atoms with E-state index in [1.54, 1.807) is 48.5 Å². The van der Waals surface area contributed by atoms with Gasteiger partial charge in [0.25, 0.3) is 23.6 Å². The van der Waals surface area contributed by atoms with E-state index in [0.717, 1.165) is 42.4 Å². The molecule has 2 aliphatic heterocycles. The fourth-order valence-corrected chi connectivity index (χ4v) is 19.1. The van der Waals surface area contributed by atoms with Crippen LogP contribution in [0.1, 0.15) is 41.4 Å². The summed E-state index contributed by atoms with van der Waals surface area (Å²) in [7, 11) is -5.06. The van der Waals surface area contributed by atoms with Crippen molar-refractivity contribution in [3.8, 4) is 11.5 Å². The van der Waals surface area contributed by atoms with Crippen LogP contribution in [0.2, 0.25) is 0 Å². The van der Waals surface area contributed by atoms with E-state index in [9.17, 15) is 19.2 Å². The maximum absolute atomic E-state index is 14.5. The molecule has 10 aromatic carbocycles. The van der Waals surface area contributed by atoms with Gasteiger partial charge in [0.1, 0.15) is 68.5 Å². The molecular formula is C64H44N2O5P2+2. The Kier molecular flexibility index (Phi) is 11.6. The minimum Gasteiger partial charge on any atom is -0.457 e. The minimum absolute atomic E-state index is 0.196. The van der Waals surface area contributed by atoms with Gasteiger partial charge in [-0.1, -0.05) is 121 Å². The number of benzene rings is 10. The summed E-state index contributed by atoms with van der Waals surface area (Å²) in [5.41, 5.74) is 1.82. The molecule has 73 heavy (non-hydrogen) atoms. The smallest absolute Gasteiger partial charge is 0.266 e. The van der Waals surface area contributed by atoms with E-state index in [4.69, 9.17) is 4.74 Å². The number of anilines is 2. The zero-order valence-corrected chi connectivity index (χ0v) is 41.0. The molecular weight excluding hydrogens is 939 g/mol. The summed E-state index contributed by atoms with van der Waals surface area (Å²) >= 11 is 0. The van der Waals surface area contributed by atoms with Crippen molar-refractivity contribution in [1.29, 1.82) is 0 Å². The average molecular weight is 983 g/mol. The molecule has 2 aliphatic rings. The molecule has 2 heterocycles. The first-order valence-electron chi connectivity index (χ1n) is 23.9. The van der Waals surface area contributed by atoms with Crippen molar-refractivity contribution >= 4 is 92.0 Å². The zero-order valence-electron chi connectivity index (χ0n) is 39.2. The van der Waals surface area contributed by atoms with E-state index in [2.05, 4.69) is 84.9 Å². The van der Waals surface area contributed by atoms with Gasteiger partial charge in [0.15, 0.2) is 0 Å². The fraction of sp³-hybridized carbons (Fsp3) is 0. The molecule has 9 heteroatoms. The maximum Gasteiger partial charge on any atom is 0.266 e. The van der Waals surface area contributed by atoms with Crippen molar-refractivity contribution < 1.29 is 23.9 Å². The summed E-state index contributed by atoms with van der Waals surface area (Å²) in [5.74, 6) is -1.24. The zero-order chi connectivity index (χ0) is 49.5. The van der Waals surface area contributed by atoms with Crippen LogP contribution < -0.4 is 57.0 Å². The van der Waals surface area contributed by atoms with Crippen LogP contribution in [0.3, 0.4) is 0 Å². The second-order valence-electron chi connectivity index (χ2n) is 17.8. The second-order valence-corrected chi connectivity index (χ2v) is 24.6. The standard InChI is InChI=1S/C64H44N2O5P2/c67-61-57-39-37-47(43-59(57)63(69)65(61)45-21-19-35-55(41-45)72(49-23-7-1-8-24-49,50-25-9-2-10-26-50)51-27-11-3-12-28-51)71-48-38-40-58-60(44-48)64(70)66(62(58)68)46-22-20-36-56(42-46)73(52-29-13-4-14-30-52,53-31-15-5-16-32-53)54-33-17-6-18-34-54/h1-44H/q+2. The molecule has 0 spiro atoms. The molecule has 0 aromatic heterocycles. The highest BCUT2D eigenvalue weighted by Crippen LogP contribution is 2.56. The summed E-state index contributed by atoms with van der Waals surface area (Å²) in [6, 6.07) is 87.7. The van der Waals surface area contributed by atoms with Gasteiger partial charge in [-0.25, -0.2) is 9.80 Å². The van der Waals surface area contributed by atoms with Crippen LogP contribution >= 0.6 is 14.5 Å². The van der Waals surface area contributed by atoms with Gasteiger partial charge in [0, 0.05) is 12.1 Å². The van der Waals surface area contributed by atoms with Gasteiger partial charge in [-0.3, -0.25) is 19.2 Å². The highest BCUT2D eigenvalue weighted by molar-refractivity contribution is 8.02. The molecule has 0 aliphatic carbocycles. The highest BCUT2D eigenvalue weighted by Gasteiger charge is 2.50. The van der Waals surface area contributed by atoms with Crippen LogP contribution in [0.25, 0.3) is 0 Å². The summed E-state index contributed by atoms with van der Waals surface area (Å²) in [6.45, 7) is 0. The van der Waals surface area contributed by atoms with Gasteiger partial charge in [-0.15, -0.1) is 0 Å². The summed E-state index contributed by atoms with van der Waals surface area (Å²) in [6.07, 6.45) is 0. The third kappa shape index (κ3) is 7.52. The van der Waals surface area contributed by atoms with Crippen molar-refractivity contribution in [1.82, 2.24) is 0 Å². The SMILES string of the molecule is O=C1c2ccc(Oc3ccc4c(c3)C(=O)N(c3cccc([P+](c5ccccc5)(c5ccccc5)c5ccccc5)c3)C4=O)cc2C(=O)N1c1cccc([P+](c2ccccc2)(c2ccccc2)c2ccccc2)c1. The number of nitrogens with zero attached hydrogens (tertiary/aromatic N) is 2. The number of imide groups is 2. The number of carbonyl (C=O) groups is 4. The van der Waals surface area contributed by atoms with Gasteiger partial charge in [-0.05, 0) is 133 Å². The summed E-state index contributed by atoms with van der Waals surface area (Å²) in [4.78, 5) is 60.0. The monoisotopic (exact) mass is 982 g/mol. The Morgan fingerprint density at radius 3 is 0.795 bits per heavy atom. The lowest BCUT2D eigenvalue weighted by molar-refractivity contribution is 0.0910. The number of amides is 4. The average Bonchev–Trinajstić information content (AvgIpc) is 3.85. The topological polar surface area (TPSA) is 84.0 Å². The van der Waals surface area contributed by atoms with Crippen molar-refractivity contribution in [3.63, 3.8) is 0 Å². The first-order valence-corrected chi connectivity index (χ1v) is 27.5. The van der Waals surface area contributed by atoms with Gasteiger partial charge in [-0.2, -0.15) is 0 Å². The highest BCUT2D eigenvalue weighted by atomic mass is 31.2. The molecule has 0 radical (unpaired) electrons. The number of hydrogen-bond donors (Lipinski definition) is 0. The van der Waals surface area contributed by atoms with Gasteiger partial charge in [0.2, 0.25) is 0 Å². The van der Waals surface area contributed by atoms with E-state index in [-0.39, 0.29) is 22.3 Å². The lowest BCUT2D eigenvalue weighted by Gasteiger charge is -2.28. The predicted octanol–water partition coefficient (Wildman–Crippen LogP) is 10.3. The van der Waals surface area contributed by atoms with E-state index in [1.165, 1.54) is 9.80 Å². The van der Waals surface area contributed by atoms with Crippen molar-refractivity contribution in [3.05, 3.63) is 289 Å². The Morgan fingerprint density at radius 1 is 0.247 bits per heavy atom. The predicted molar refractivity (Wildman–Crippen MR) is 298 cm³/mol.